The van der Waals surface area contributed by atoms with Crippen LogP contribution in [0.15, 0.2) is 48.5 Å². The van der Waals surface area contributed by atoms with Crippen molar-refractivity contribution in [1.29, 1.82) is 0 Å². The highest BCUT2D eigenvalue weighted by atomic mass is 16.2. The maximum atomic E-state index is 12.6. The highest BCUT2D eigenvalue weighted by Crippen LogP contribution is 2.15. The van der Waals surface area contributed by atoms with Crippen molar-refractivity contribution in [2.45, 2.75) is 104 Å². The molecule has 3 rings (SSSR count). The van der Waals surface area contributed by atoms with Crippen LogP contribution in [0.1, 0.15) is 102 Å². The number of piperazine rings is 1. The number of amides is 2. The van der Waals surface area contributed by atoms with Gasteiger partial charge in [-0.1, -0.05) is 102 Å². The van der Waals surface area contributed by atoms with Gasteiger partial charge in [0.15, 0.2) is 0 Å². The van der Waals surface area contributed by atoms with Gasteiger partial charge in [0, 0.05) is 37.6 Å². The summed E-state index contributed by atoms with van der Waals surface area (Å²) >= 11 is 0. The third-order valence-electron chi connectivity index (χ3n) is 8.31. The number of hydrogen-bond acceptors (Lipinski definition) is 4. The predicted octanol–water partition coefficient (Wildman–Crippen LogP) is 7.69. The highest BCUT2D eigenvalue weighted by molar-refractivity contribution is 5.92. The Morgan fingerprint density at radius 3 is 1.21 bits per heavy atom. The van der Waals surface area contributed by atoms with Gasteiger partial charge in [0.2, 0.25) is 11.8 Å². The minimum Gasteiger partial charge on any atom is -0.325 e. The fourth-order valence-electron chi connectivity index (χ4n) is 5.64. The van der Waals surface area contributed by atoms with Gasteiger partial charge in [-0.25, -0.2) is 0 Å². The molecule has 232 valence electrons. The van der Waals surface area contributed by atoms with Crippen LogP contribution in [0.5, 0.6) is 0 Å². The van der Waals surface area contributed by atoms with Crippen molar-refractivity contribution in [2.75, 3.05) is 49.9 Å². The zero-order valence-corrected chi connectivity index (χ0v) is 26.5. The van der Waals surface area contributed by atoms with Crippen molar-refractivity contribution in [2.24, 2.45) is 0 Å². The monoisotopic (exact) mass is 576 g/mol. The Kier molecular flexibility index (Phi) is 16.3. The minimum atomic E-state index is 0.0183. The summed E-state index contributed by atoms with van der Waals surface area (Å²) in [7, 11) is 0. The molecule has 6 heteroatoms. The van der Waals surface area contributed by atoms with Crippen LogP contribution in [-0.2, 0) is 22.4 Å². The van der Waals surface area contributed by atoms with Crippen molar-refractivity contribution in [1.82, 2.24) is 9.80 Å². The predicted molar refractivity (Wildman–Crippen MR) is 177 cm³/mol. The molecule has 0 atom stereocenters. The van der Waals surface area contributed by atoms with E-state index in [9.17, 15) is 9.59 Å². The Morgan fingerprint density at radius 2 is 0.857 bits per heavy atom. The number of carbonyl (C=O) groups is 2. The lowest BCUT2D eigenvalue weighted by molar-refractivity contribution is -0.120. The number of anilines is 2. The molecule has 2 amide bonds. The first kappa shape index (κ1) is 33.8. The van der Waals surface area contributed by atoms with Crippen LogP contribution in [-0.4, -0.2) is 60.9 Å². The normalized spacial score (nSPS) is 14.1. The van der Waals surface area contributed by atoms with E-state index in [1.54, 1.807) is 0 Å². The molecule has 42 heavy (non-hydrogen) atoms. The van der Waals surface area contributed by atoms with E-state index in [-0.39, 0.29) is 11.8 Å². The van der Waals surface area contributed by atoms with Gasteiger partial charge in [0.25, 0.3) is 0 Å². The number of nitrogens with one attached hydrogen (secondary N) is 2. The van der Waals surface area contributed by atoms with Crippen LogP contribution in [0.25, 0.3) is 0 Å². The second-order valence-electron chi connectivity index (χ2n) is 12.1. The number of hydrogen-bond donors (Lipinski definition) is 2. The van der Waals surface area contributed by atoms with E-state index in [0.29, 0.717) is 13.1 Å². The summed E-state index contributed by atoms with van der Waals surface area (Å²) in [6.45, 7) is 8.39. The van der Waals surface area contributed by atoms with Gasteiger partial charge in [-0.05, 0) is 61.1 Å². The SMILES string of the molecule is CCCCCCCCc1ccc(NC(=O)CN2CCN(CC(=O)Nc3ccc(CCCCCCCC)cc3)CC2)cc1. The molecular formula is C36H56N4O2. The van der Waals surface area contributed by atoms with Gasteiger partial charge >= 0.3 is 0 Å². The van der Waals surface area contributed by atoms with E-state index in [1.165, 1.54) is 88.2 Å². The molecule has 0 spiro atoms. The molecule has 6 nitrogen and oxygen atoms in total. The summed E-state index contributed by atoms with van der Waals surface area (Å²) in [6.07, 6.45) is 17.9. The fraction of sp³-hybridized carbons (Fsp3) is 0.611. The second-order valence-corrected chi connectivity index (χ2v) is 12.1. The number of rotatable bonds is 20. The minimum absolute atomic E-state index is 0.0183. The van der Waals surface area contributed by atoms with Crippen LogP contribution in [0.4, 0.5) is 11.4 Å². The van der Waals surface area contributed by atoms with Crippen LogP contribution < -0.4 is 10.6 Å². The standard InChI is InChI=1S/C36H56N4O2/c1-3-5-7-9-11-13-15-31-17-21-33(22-18-31)37-35(41)29-39-25-27-40(28-26-39)30-36(42)38-34-23-19-32(20-24-34)16-14-12-10-8-6-4-2/h17-24H,3-16,25-30H2,1-2H3,(H,37,41)(H,38,42). The molecule has 1 aliphatic rings. The van der Waals surface area contributed by atoms with E-state index >= 15 is 0 Å². The van der Waals surface area contributed by atoms with E-state index in [0.717, 1.165) is 50.4 Å². The first-order chi connectivity index (χ1) is 20.6. The van der Waals surface area contributed by atoms with Crippen molar-refractivity contribution in [3.63, 3.8) is 0 Å². The number of nitrogens with zero attached hydrogens (tertiary/aromatic N) is 2. The third kappa shape index (κ3) is 14.0. The Hall–Kier alpha value is -2.70. The van der Waals surface area contributed by atoms with Gasteiger partial charge in [0.1, 0.15) is 0 Å². The molecule has 2 N–H and O–H groups in total. The van der Waals surface area contributed by atoms with Crippen LogP contribution in [0.2, 0.25) is 0 Å². The van der Waals surface area contributed by atoms with Gasteiger partial charge in [-0.2, -0.15) is 0 Å². The average molecular weight is 577 g/mol. The van der Waals surface area contributed by atoms with E-state index in [1.807, 2.05) is 24.3 Å². The van der Waals surface area contributed by atoms with Crippen LogP contribution in [0.3, 0.4) is 0 Å². The highest BCUT2D eigenvalue weighted by Gasteiger charge is 2.20. The molecule has 1 saturated heterocycles. The maximum absolute atomic E-state index is 12.6. The number of aryl methyl sites for hydroxylation is 2. The second kappa shape index (κ2) is 20.2. The average Bonchev–Trinajstić information content (AvgIpc) is 2.99. The zero-order valence-electron chi connectivity index (χ0n) is 26.5. The van der Waals surface area contributed by atoms with E-state index < -0.39 is 0 Å². The fourth-order valence-corrected chi connectivity index (χ4v) is 5.64. The molecule has 1 heterocycles. The topological polar surface area (TPSA) is 64.7 Å². The summed E-state index contributed by atoms with van der Waals surface area (Å²) in [4.78, 5) is 29.6. The maximum Gasteiger partial charge on any atom is 0.238 e. The molecule has 1 fully saturated rings. The molecule has 0 aromatic heterocycles. The molecule has 1 aliphatic heterocycles. The zero-order chi connectivity index (χ0) is 29.8. The van der Waals surface area contributed by atoms with E-state index in [2.05, 4.69) is 58.5 Å². The third-order valence-corrected chi connectivity index (χ3v) is 8.31. The Morgan fingerprint density at radius 1 is 0.524 bits per heavy atom. The molecule has 0 bridgehead atoms. The molecular weight excluding hydrogens is 520 g/mol. The lowest BCUT2D eigenvalue weighted by Crippen LogP contribution is -2.50. The summed E-state index contributed by atoms with van der Waals surface area (Å²) in [6, 6.07) is 16.6. The summed E-state index contributed by atoms with van der Waals surface area (Å²) in [5.41, 5.74) is 4.39. The Bertz CT molecular complexity index is 930. The molecule has 0 unspecified atom stereocenters. The van der Waals surface area contributed by atoms with Gasteiger partial charge in [-0.15, -0.1) is 0 Å². The van der Waals surface area contributed by atoms with E-state index in [4.69, 9.17) is 0 Å². The summed E-state index contributed by atoms with van der Waals surface area (Å²) in [5.74, 6) is 0.0367. The molecule has 2 aromatic carbocycles. The first-order valence-corrected chi connectivity index (χ1v) is 16.8. The Labute approximate surface area is 255 Å². The molecule has 0 saturated carbocycles. The van der Waals surface area contributed by atoms with Crippen molar-refractivity contribution in [3.8, 4) is 0 Å². The lowest BCUT2D eigenvalue weighted by Gasteiger charge is -2.33. The summed E-state index contributed by atoms with van der Waals surface area (Å²) in [5, 5.41) is 6.09. The number of benzene rings is 2. The van der Waals surface area contributed by atoms with Gasteiger partial charge < -0.3 is 10.6 Å². The van der Waals surface area contributed by atoms with Crippen molar-refractivity contribution >= 4 is 23.2 Å². The smallest absolute Gasteiger partial charge is 0.238 e. The van der Waals surface area contributed by atoms with Gasteiger partial charge in [0.05, 0.1) is 13.1 Å². The molecule has 0 aliphatic carbocycles. The first-order valence-electron chi connectivity index (χ1n) is 16.8. The molecule has 0 radical (unpaired) electrons. The van der Waals surface area contributed by atoms with Gasteiger partial charge in [-0.3, -0.25) is 19.4 Å². The van der Waals surface area contributed by atoms with Crippen molar-refractivity contribution < 1.29 is 9.59 Å². The largest absolute Gasteiger partial charge is 0.325 e. The van der Waals surface area contributed by atoms with Crippen LogP contribution >= 0.6 is 0 Å². The number of unbranched alkanes of at least 4 members (excludes halogenated alkanes) is 10. The quantitative estimate of drug-likeness (QED) is 0.159. The summed E-state index contributed by atoms with van der Waals surface area (Å²) < 4.78 is 0. The lowest BCUT2D eigenvalue weighted by atomic mass is 10.0. The van der Waals surface area contributed by atoms with Crippen LogP contribution in [0, 0.1) is 0 Å². The Balaban J connectivity index is 1.26. The number of carbonyl (C=O) groups excluding carboxylic acids is 2. The van der Waals surface area contributed by atoms with Crippen molar-refractivity contribution in [3.05, 3.63) is 59.7 Å². The molecule has 2 aromatic rings.